The van der Waals surface area contributed by atoms with E-state index >= 15 is 0 Å². The van der Waals surface area contributed by atoms with Gasteiger partial charge in [0, 0.05) is 31.7 Å². The minimum Gasteiger partial charge on any atom is -0.383 e. The molecule has 1 aliphatic carbocycles. The van der Waals surface area contributed by atoms with Gasteiger partial charge in [0.15, 0.2) is 0 Å². The van der Waals surface area contributed by atoms with Gasteiger partial charge in [-0.3, -0.25) is 4.79 Å². The number of anilines is 2. The lowest BCUT2D eigenvalue weighted by molar-refractivity contribution is -0.133. The zero-order valence-electron chi connectivity index (χ0n) is 17.5. The van der Waals surface area contributed by atoms with E-state index in [4.69, 9.17) is 34.7 Å². The first-order chi connectivity index (χ1) is 14.5. The molecule has 1 saturated carbocycles. The van der Waals surface area contributed by atoms with E-state index in [1.807, 2.05) is 17.0 Å². The number of carbonyl (C=O) groups excluding carboxylic acids is 1. The van der Waals surface area contributed by atoms with E-state index in [1.165, 1.54) is 6.33 Å². The summed E-state index contributed by atoms with van der Waals surface area (Å²) in [4.78, 5) is 26.1. The molecule has 1 atom stereocenters. The van der Waals surface area contributed by atoms with Gasteiger partial charge in [-0.25, -0.2) is 9.97 Å². The third kappa shape index (κ3) is 5.51. The Morgan fingerprint density at radius 3 is 2.44 bits per heavy atom. The first kappa shape index (κ1) is 26.7. The van der Waals surface area contributed by atoms with E-state index in [-0.39, 0.29) is 30.7 Å². The molecular formula is C21H28Cl4N6O. The minimum absolute atomic E-state index is 0. The fourth-order valence-corrected chi connectivity index (χ4v) is 4.58. The molecule has 1 aromatic heterocycles. The maximum Gasteiger partial charge on any atom is 0.230 e. The molecular weight excluding hydrogens is 494 g/mol. The number of nitrogen functional groups attached to an aromatic ring is 1. The topological polar surface area (TPSA) is 101 Å². The zero-order valence-corrected chi connectivity index (χ0v) is 20.7. The highest BCUT2D eigenvalue weighted by molar-refractivity contribution is 6.42. The first-order valence-corrected chi connectivity index (χ1v) is 11.0. The molecule has 0 bridgehead atoms. The molecule has 1 aliphatic heterocycles. The molecule has 2 aliphatic rings. The molecule has 176 valence electrons. The minimum atomic E-state index is -0.399. The third-order valence-electron chi connectivity index (χ3n) is 5.88. The summed E-state index contributed by atoms with van der Waals surface area (Å²) in [6.45, 7) is 2.99. The number of hydrogen-bond donors (Lipinski definition) is 2. The average Bonchev–Trinajstić information content (AvgIpc) is 3.59. The smallest absolute Gasteiger partial charge is 0.230 e. The monoisotopic (exact) mass is 520 g/mol. The molecule has 0 radical (unpaired) electrons. The molecule has 2 heterocycles. The molecule has 1 amide bonds. The van der Waals surface area contributed by atoms with Crippen molar-refractivity contribution in [2.45, 2.75) is 31.1 Å². The Morgan fingerprint density at radius 2 is 1.81 bits per heavy atom. The number of benzene rings is 1. The number of hydrogen-bond acceptors (Lipinski definition) is 6. The molecule has 4 N–H and O–H groups in total. The SMILES string of the molecule is Cl.Cl.NCCC(C(=O)N1CCN(c2ncnc(N)c2C2CC2)CC1)c1cccc(Cl)c1Cl. The van der Waals surface area contributed by atoms with Gasteiger partial charge >= 0.3 is 0 Å². The van der Waals surface area contributed by atoms with Gasteiger partial charge in [0.25, 0.3) is 0 Å². The predicted molar refractivity (Wildman–Crippen MR) is 135 cm³/mol. The summed E-state index contributed by atoms with van der Waals surface area (Å²) in [5.41, 5.74) is 13.7. The Labute approximate surface area is 210 Å². The second-order valence-electron chi connectivity index (χ2n) is 7.86. The number of nitrogens with two attached hydrogens (primary N) is 2. The second-order valence-corrected chi connectivity index (χ2v) is 8.64. The van der Waals surface area contributed by atoms with Gasteiger partial charge in [0.05, 0.1) is 16.0 Å². The molecule has 1 aromatic carbocycles. The van der Waals surface area contributed by atoms with Crippen molar-refractivity contribution in [1.82, 2.24) is 14.9 Å². The van der Waals surface area contributed by atoms with E-state index < -0.39 is 5.92 Å². The van der Waals surface area contributed by atoms with E-state index in [0.717, 1.165) is 29.8 Å². The summed E-state index contributed by atoms with van der Waals surface area (Å²) < 4.78 is 0. The summed E-state index contributed by atoms with van der Waals surface area (Å²) in [5.74, 6) is 1.58. The molecule has 2 aromatic rings. The average molecular weight is 522 g/mol. The third-order valence-corrected chi connectivity index (χ3v) is 6.71. The molecule has 0 spiro atoms. The summed E-state index contributed by atoms with van der Waals surface area (Å²) in [5, 5.41) is 0.873. The van der Waals surface area contributed by atoms with E-state index in [2.05, 4.69) is 14.9 Å². The Balaban J connectivity index is 0.00000181. The number of piperazine rings is 1. The summed E-state index contributed by atoms with van der Waals surface area (Å²) in [6, 6.07) is 5.40. The van der Waals surface area contributed by atoms with Crippen molar-refractivity contribution in [1.29, 1.82) is 0 Å². The second kappa shape index (κ2) is 11.6. The van der Waals surface area contributed by atoms with Crippen LogP contribution >= 0.6 is 48.0 Å². The number of rotatable bonds is 6. The van der Waals surface area contributed by atoms with Gasteiger partial charge in [-0.2, -0.15) is 0 Å². The van der Waals surface area contributed by atoms with Crippen molar-refractivity contribution in [3.05, 3.63) is 45.7 Å². The van der Waals surface area contributed by atoms with Gasteiger partial charge in [-0.1, -0.05) is 35.3 Å². The van der Waals surface area contributed by atoms with Crippen molar-refractivity contribution >= 4 is 65.6 Å². The van der Waals surface area contributed by atoms with Crippen LogP contribution in [0.25, 0.3) is 0 Å². The predicted octanol–water partition coefficient (Wildman–Crippen LogP) is 3.87. The van der Waals surface area contributed by atoms with Crippen molar-refractivity contribution in [2.75, 3.05) is 43.4 Å². The number of aromatic nitrogens is 2. The van der Waals surface area contributed by atoms with Crippen molar-refractivity contribution in [3.63, 3.8) is 0 Å². The van der Waals surface area contributed by atoms with Crippen molar-refractivity contribution in [2.24, 2.45) is 5.73 Å². The quantitative estimate of drug-likeness (QED) is 0.598. The van der Waals surface area contributed by atoms with Gasteiger partial charge in [-0.15, -0.1) is 24.8 Å². The fourth-order valence-electron chi connectivity index (χ4n) is 4.14. The normalized spacial score (nSPS) is 16.7. The highest BCUT2D eigenvalue weighted by atomic mass is 35.5. The highest BCUT2D eigenvalue weighted by Crippen LogP contribution is 2.46. The Morgan fingerprint density at radius 1 is 1.12 bits per heavy atom. The zero-order chi connectivity index (χ0) is 21.3. The lowest BCUT2D eigenvalue weighted by Crippen LogP contribution is -2.50. The Bertz CT molecular complexity index is 935. The van der Waals surface area contributed by atoms with Crippen LogP contribution in [0.4, 0.5) is 11.6 Å². The van der Waals surface area contributed by atoms with Gasteiger partial charge in [0.2, 0.25) is 5.91 Å². The van der Waals surface area contributed by atoms with E-state index in [9.17, 15) is 4.79 Å². The van der Waals surface area contributed by atoms with Crippen LogP contribution in [0, 0.1) is 0 Å². The van der Waals surface area contributed by atoms with Crippen LogP contribution in [0.1, 0.15) is 42.2 Å². The van der Waals surface area contributed by atoms with Crippen molar-refractivity contribution in [3.8, 4) is 0 Å². The van der Waals surface area contributed by atoms with Crippen LogP contribution in [0.2, 0.25) is 10.0 Å². The highest BCUT2D eigenvalue weighted by Gasteiger charge is 2.34. The molecule has 1 saturated heterocycles. The van der Waals surface area contributed by atoms with Gasteiger partial charge < -0.3 is 21.3 Å². The van der Waals surface area contributed by atoms with Crippen LogP contribution in [-0.4, -0.2) is 53.5 Å². The number of halogens is 4. The van der Waals surface area contributed by atoms with Crippen LogP contribution in [0.5, 0.6) is 0 Å². The largest absolute Gasteiger partial charge is 0.383 e. The van der Waals surface area contributed by atoms with Gasteiger partial charge in [0.1, 0.15) is 18.0 Å². The molecule has 4 rings (SSSR count). The molecule has 1 unspecified atom stereocenters. The summed E-state index contributed by atoms with van der Waals surface area (Å²) in [6.07, 6.45) is 4.30. The maximum absolute atomic E-state index is 13.3. The number of carbonyl (C=O) groups is 1. The Hall–Kier alpha value is -1.51. The van der Waals surface area contributed by atoms with Crippen molar-refractivity contribution < 1.29 is 4.79 Å². The Kier molecular flexibility index (Phi) is 9.67. The standard InChI is InChI=1S/C21H26Cl2N6O.2ClH/c22-16-3-1-2-14(18(16)23)15(6-7-24)21(30)29-10-8-28(9-11-29)20-17(13-4-5-13)19(25)26-12-27-20;;/h1-3,12-13,15H,4-11,24H2,(H2,25,26,27);2*1H. The molecule has 11 heteroatoms. The van der Waals surface area contributed by atoms with Gasteiger partial charge in [-0.05, 0) is 43.4 Å². The summed E-state index contributed by atoms with van der Waals surface area (Å²) in [7, 11) is 0. The lowest BCUT2D eigenvalue weighted by Gasteiger charge is -2.38. The van der Waals surface area contributed by atoms with E-state index in [1.54, 1.807) is 6.07 Å². The van der Waals surface area contributed by atoms with Crippen LogP contribution in [0.15, 0.2) is 24.5 Å². The van der Waals surface area contributed by atoms with Crippen LogP contribution < -0.4 is 16.4 Å². The van der Waals surface area contributed by atoms with Crippen LogP contribution in [-0.2, 0) is 4.79 Å². The van der Waals surface area contributed by atoms with Crippen LogP contribution in [0.3, 0.4) is 0 Å². The molecule has 7 nitrogen and oxygen atoms in total. The molecule has 32 heavy (non-hydrogen) atoms. The fraction of sp³-hybridized carbons (Fsp3) is 0.476. The maximum atomic E-state index is 13.3. The number of amides is 1. The summed E-state index contributed by atoms with van der Waals surface area (Å²) >= 11 is 12.6. The lowest BCUT2D eigenvalue weighted by atomic mass is 9.93. The van der Waals surface area contributed by atoms with E-state index in [0.29, 0.717) is 60.9 Å². The number of nitrogens with zero attached hydrogens (tertiary/aromatic N) is 4. The first-order valence-electron chi connectivity index (χ1n) is 10.3. The molecule has 2 fully saturated rings.